The fourth-order valence-corrected chi connectivity index (χ4v) is 2.68. The Hall–Kier alpha value is -1.82. The summed E-state index contributed by atoms with van der Waals surface area (Å²) < 4.78 is 17.2. The first-order valence-electron chi connectivity index (χ1n) is 8.29. The predicted molar refractivity (Wildman–Crippen MR) is 89.5 cm³/mol. The van der Waals surface area contributed by atoms with Crippen LogP contribution in [-0.2, 0) is 9.47 Å². The number of hydrogen-bond donors (Lipinski definition) is 0. The molecule has 6 nitrogen and oxygen atoms in total. The van der Waals surface area contributed by atoms with Gasteiger partial charge in [0, 0.05) is 6.61 Å². The second-order valence-electron chi connectivity index (χ2n) is 5.48. The van der Waals surface area contributed by atoms with E-state index < -0.39 is 0 Å². The second-order valence-corrected chi connectivity index (χ2v) is 5.48. The van der Waals surface area contributed by atoms with Crippen molar-refractivity contribution in [2.75, 3.05) is 24.7 Å². The maximum atomic E-state index is 5.94. The molecule has 0 amide bonds. The Bertz CT molecular complexity index is 542. The highest BCUT2D eigenvalue weighted by Crippen LogP contribution is 2.32. The lowest BCUT2D eigenvalue weighted by Crippen LogP contribution is -2.40. The number of ether oxygens (including phenoxy) is 3. The van der Waals surface area contributed by atoms with E-state index in [4.69, 9.17) is 14.2 Å². The van der Waals surface area contributed by atoms with Crippen LogP contribution in [0.3, 0.4) is 0 Å². The molecule has 0 spiro atoms. The molecule has 1 atom stereocenters. The largest absolute Gasteiger partial charge is 0.479 e. The topological polar surface area (TPSA) is 56.7 Å². The van der Waals surface area contributed by atoms with Gasteiger partial charge in [0.2, 0.25) is 5.88 Å². The number of aromatic nitrogens is 2. The highest BCUT2D eigenvalue weighted by molar-refractivity contribution is 5.54. The summed E-state index contributed by atoms with van der Waals surface area (Å²) in [5, 5.41) is 0. The summed E-state index contributed by atoms with van der Waals surface area (Å²) in [6, 6.07) is 0. The standard InChI is InChI=1S/C17H27N3O3/c1-6-21-14(5)20(15-10-8-9-11-23-15)16-12(3)17(22-7-2)19-13(4)18-16/h15H,5-11H2,1-4H3. The fourth-order valence-electron chi connectivity index (χ4n) is 2.68. The van der Waals surface area contributed by atoms with Gasteiger partial charge in [0.05, 0.1) is 18.8 Å². The molecule has 2 rings (SSSR count). The molecule has 1 unspecified atom stereocenters. The first-order valence-corrected chi connectivity index (χ1v) is 8.29. The van der Waals surface area contributed by atoms with Crippen LogP contribution in [-0.4, -0.2) is 36.0 Å². The monoisotopic (exact) mass is 321 g/mol. The molecular formula is C17H27N3O3. The van der Waals surface area contributed by atoms with Crippen LogP contribution in [0.15, 0.2) is 12.5 Å². The molecule has 23 heavy (non-hydrogen) atoms. The van der Waals surface area contributed by atoms with E-state index in [0.29, 0.717) is 30.8 Å². The van der Waals surface area contributed by atoms with Gasteiger partial charge in [-0.15, -0.1) is 0 Å². The number of aryl methyl sites for hydroxylation is 1. The van der Waals surface area contributed by atoms with Gasteiger partial charge in [-0.2, -0.15) is 4.98 Å². The SMILES string of the molecule is C=C(OCC)N(c1nc(C)nc(OCC)c1C)C1CCCCO1. The van der Waals surface area contributed by atoms with E-state index >= 15 is 0 Å². The van der Waals surface area contributed by atoms with E-state index in [0.717, 1.165) is 37.3 Å². The van der Waals surface area contributed by atoms with Crippen LogP contribution in [0.5, 0.6) is 5.88 Å². The Morgan fingerprint density at radius 2 is 2.04 bits per heavy atom. The molecule has 6 heteroatoms. The Morgan fingerprint density at radius 3 is 2.65 bits per heavy atom. The fraction of sp³-hybridized carbons (Fsp3) is 0.647. The molecule has 1 aromatic rings. The van der Waals surface area contributed by atoms with Gasteiger partial charge in [-0.05, 0) is 53.5 Å². The van der Waals surface area contributed by atoms with Crippen molar-refractivity contribution in [2.24, 2.45) is 0 Å². The molecule has 0 aliphatic carbocycles. The van der Waals surface area contributed by atoms with Crippen LogP contribution in [0.25, 0.3) is 0 Å². The zero-order valence-electron chi connectivity index (χ0n) is 14.6. The van der Waals surface area contributed by atoms with E-state index in [2.05, 4.69) is 16.5 Å². The summed E-state index contributed by atoms with van der Waals surface area (Å²) in [7, 11) is 0. The van der Waals surface area contributed by atoms with E-state index in [1.54, 1.807) is 0 Å². The zero-order chi connectivity index (χ0) is 16.8. The van der Waals surface area contributed by atoms with Gasteiger partial charge in [-0.1, -0.05) is 0 Å². The van der Waals surface area contributed by atoms with Gasteiger partial charge < -0.3 is 14.2 Å². The van der Waals surface area contributed by atoms with Crippen molar-refractivity contribution in [3.8, 4) is 5.88 Å². The number of nitrogens with zero attached hydrogens (tertiary/aromatic N) is 3. The van der Waals surface area contributed by atoms with Crippen LogP contribution < -0.4 is 9.64 Å². The minimum absolute atomic E-state index is 0.120. The molecule has 0 saturated carbocycles. The molecule has 1 saturated heterocycles. The average molecular weight is 321 g/mol. The Kier molecular flexibility index (Phi) is 6.21. The molecule has 0 aromatic carbocycles. The van der Waals surface area contributed by atoms with Crippen molar-refractivity contribution in [2.45, 2.75) is 53.2 Å². The molecule has 1 fully saturated rings. The lowest BCUT2D eigenvalue weighted by molar-refractivity contribution is 0.00899. The molecular weight excluding hydrogens is 294 g/mol. The minimum Gasteiger partial charge on any atom is -0.479 e. The van der Waals surface area contributed by atoms with Crippen LogP contribution >= 0.6 is 0 Å². The highest BCUT2D eigenvalue weighted by Gasteiger charge is 2.29. The first-order chi connectivity index (χ1) is 11.1. The molecule has 0 N–H and O–H groups in total. The quantitative estimate of drug-likeness (QED) is 0.718. The summed E-state index contributed by atoms with van der Waals surface area (Å²) in [6.45, 7) is 13.6. The highest BCUT2D eigenvalue weighted by atomic mass is 16.5. The Balaban J connectivity index is 2.43. The van der Waals surface area contributed by atoms with Crippen LogP contribution in [0, 0.1) is 13.8 Å². The van der Waals surface area contributed by atoms with E-state index in [1.165, 1.54) is 0 Å². The van der Waals surface area contributed by atoms with Crippen molar-refractivity contribution >= 4 is 5.82 Å². The second kappa shape index (κ2) is 8.15. The van der Waals surface area contributed by atoms with Crippen molar-refractivity contribution < 1.29 is 14.2 Å². The number of hydrogen-bond acceptors (Lipinski definition) is 6. The zero-order valence-corrected chi connectivity index (χ0v) is 14.6. The summed E-state index contributed by atoms with van der Waals surface area (Å²) >= 11 is 0. The number of rotatable bonds is 7. The van der Waals surface area contributed by atoms with Gasteiger partial charge in [-0.3, -0.25) is 4.90 Å². The van der Waals surface area contributed by atoms with Crippen molar-refractivity contribution in [3.05, 3.63) is 23.8 Å². The smallest absolute Gasteiger partial charge is 0.221 e. The normalized spacial score (nSPS) is 17.7. The van der Waals surface area contributed by atoms with Gasteiger partial charge in [0.1, 0.15) is 17.9 Å². The maximum Gasteiger partial charge on any atom is 0.221 e. The van der Waals surface area contributed by atoms with Crippen LogP contribution in [0.4, 0.5) is 5.82 Å². The summed E-state index contributed by atoms with van der Waals surface area (Å²) in [5.41, 5.74) is 0.868. The summed E-state index contributed by atoms with van der Waals surface area (Å²) in [4.78, 5) is 10.9. The van der Waals surface area contributed by atoms with Crippen LogP contribution in [0.1, 0.15) is 44.5 Å². The van der Waals surface area contributed by atoms with E-state index in [9.17, 15) is 0 Å². The van der Waals surface area contributed by atoms with E-state index in [1.807, 2.05) is 32.6 Å². The van der Waals surface area contributed by atoms with Gasteiger partial charge in [0.15, 0.2) is 5.88 Å². The molecule has 1 aliphatic rings. The van der Waals surface area contributed by atoms with Crippen molar-refractivity contribution in [1.82, 2.24) is 9.97 Å². The lowest BCUT2D eigenvalue weighted by atomic mass is 10.1. The minimum atomic E-state index is -0.120. The van der Waals surface area contributed by atoms with Gasteiger partial charge >= 0.3 is 0 Å². The summed E-state index contributed by atoms with van der Waals surface area (Å²) in [5.74, 6) is 2.54. The Labute approximate surface area is 138 Å². The van der Waals surface area contributed by atoms with Crippen molar-refractivity contribution in [1.29, 1.82) is 0 Å². The molecule has 128 valence electrons. The third-order valence-electron chi connectivity index (χ3n) is 3.72. The molecule has 0 radical (unpaired) electrons. The molecule has 1 aliphatic heterocycles. The van der Waals surface area contributed by atoms with Gasteiger partial charge in [0.25, 0.3) is 0 Å². The predicted octanol–water partition coefficient (Wildman–Crippen LogP) is 3.33. The Morgan fingerprint density at radius 1 is 1.26 bits per heavy atom. The third kappa shape index (κ3) is 4.13. The van der Waals surface area contributed by atoms with Crippen molar-refractivity contribution in [3.63, 3.8) is 0 Å². The van der Waals surface area contributed by atoms with Gasteiger partial charge in [-0.25, -0.2) is 4.98 Å². The average Bonchev–Trinajstić information content (AvgIpc) is 2.53. The van der Waals surface area contributed by atoms with E-state index in [-0.39, 0.29) is 6.23 Å². The summed E-state index contributed by atoms with van der Waals surface area (Å²) in [6.07, 6.45) is 2.99. The molecule has 1 aromatic heterocycles. The van der Waals surface area contributed by atoms with Crippen LogP contribution in [0.2, 0.25) is 0 Å². The lowest BCUT2D eigenvalue weighted by Gasteiger charge is -2.36. The maximum absolute atomic E-state index is 5.94. The first kappa shape index (κ1) is 17.5. The molecule has 0 bridgehead atoms. The molecule has 2 heterocycles. The number of anilines is 1. The third-order valence-corrected chi connectivity index (χ3v) is 3.72.